The monoisotopic (exact) mass is 512 g/mol. The maximum absolute atomic E-state index is 15.5. The maximum Gasteiger partial charge on any atom is 0.438 e. The Hall–Kier alpha value is -2.72. The fourth-order valence-corrected chi connectivity index (χ4v) is 5.72. The molecule has 5 rings (SSSR count). The van der Waals surface area contributed by atoms with Crippen molar-refractivity contribution in [3.63, 3.8) is 0 Å². The van der Waals surface area contributed by atoms with Crippen molar-refractivity contribution < 1.29 is 35.6 Å². The lowest BCUT2D eigenvalue weighted by Gasteiger charge is -2.45. The summed E-state index contributed by atoms with van der Waals surface area (Å²) in [5.74, 6) is -1.91. The molecule has 0 radical (unpaired) electrons. The molecule has 2 aliphatic heterocycles. The van der Waals surface area contributed by atoms with Crippen molar-refractivity contribution in [3.05, 3.63) is 64.9 Å². The number of benzene rings is 2. The summed E-state index contributed by atoms with van der Waals surface area (Å²) >= 11 is 0. The zero-order valence-corrected chi connectivity index (χ0v) is 19.8. The van der Waals surface area contributed by atoms with E-state index in [1.54, 1.807) is 12.1 Å². The second-order valence-electron chi connectivity index (χ2n) is 10.1. The molecule has 2 aromatic carbocycles. The standard InChI is InChI=1S/C26H28F6N3O/c1-35(15-26(30,31)32)8-6-19-18-4-2-3-5-22(18)33-24(19)25(35)23-20(28)10-17(11-21(23)29)36-9-7-34-13-16(12-27)14-34/h2-5,10-11,16,25,33H,6-9,12-15H2,1H3/q+1/t25-,35?/m0/s1. The summed E-state index contributed by atoms with van der Waals surface area (Å²) in [6.07, 6.45) is -4.17. The zero-order valence-electron chi connectivity index (χ0n) is 19.8. The van der Waals surface area contributed by atoms with E-state index >= 15 is 8.78 Å². The van der Waals surface area contributed by atoms with Gasteiger partial charge in [0.1, 0.15) is 24.0 Å². The quantitative estimate of drug-likeness (QED) is 0.340. The van der Waals surface area contributed by atoms with Gasteiger partial charge >= 0.3 is 6.18 Å². The van der Waals surface area contributed by atoms with Gasteiger partial charge in [0.25, 0.3) is 0 Å². The highest BCUT2D eigenvalue weighted by Gasteiger charge is 2.50. The molecule has 0 bridgehead atoms. The highest BCUT2D eigenvalue weighted by Crippen LogP contribution is 2.45. The lowest BCUT2D eigenvalue weighted by Crippen LogP contribution is -2.56. The van der Waals surface area contributed by atoms with Crippen molar-refractivity contribution >= 4 is 10.9 Å². The van der Waals surface area contributed by atoms with Crippen LogP contribution in [-0.2, 0) is 6.42 Å². The fourth-order valence-electron chi connectivity index (χ4n) is 5.72. The van der Waals surface area contributed by atoms with Gasteiger partial charge in [-0.25, -0.2) is 8.78 Å². The van der Waals surface area contributed by atoms with E-state index in [0.717, 1.165) is 28.6 Å². The van der Waals surface area contributed by atoms with Crippen molar-refractivity contribution in [2.75, 3.05) is 53.1 Å². The second kappa shape index (κ2) is 9.30. The number of fused-ring (bicyclic) bond motifs is 3. The van der Waals surface area contributed by atoms with Crippen LogP contribution in [0.25, 0.3) is 10.9 Å². The molecular weight excluding hydrogens is 484 g/mol. The van der Waals surface area contributed by atoms with Gasteiger partial charge in [0.15, 0.2) is 12.6 Å². The summed E-state index contributed by atoms with van der Waals surface area (Å²) in [6.45, 7) is 0.362. The molecule has 1 N–H and O–H groups in total. The summed E-state index contributed by atoms with van der Waals surface area (Å²) in [5.41, 5.74) is 1.50. The summed E-state index contributed by atoms with van der Waals surface area (Å²) in [5, 5.41) is 0.845. The Kier molecular flexibility index (Phi) is 6.45. The molecule has 1 fully saturated rings. The minimum Gasteiger partial charge on any atom is -0.492 e. The normalized spacial score (nSPS) is 23.0. The molecule has 36 heavy (non-hydrogen) atoms. The largest absolute Gasteiger partial charge is 0.492 e. The van der Waals surface area contributed by atoms with Gasteiger partial charge in [0, 0.05) is 55.0 Å². The van der Waals surface area contributed by atoms with Crippen LogP contribution in [0.4, 0.5) is 26.3 Å². The highest BCUT2D eigenvalue weighted by molar-refractivity contribution is 5.85. The average Bonchev–Trinajstić information content (AvgIpc) is 3.13. The smallest absolute Gasteiger partial charge is 0.438 e. The third-order valence-corrected chi connectivity index (χ3v) is 7.41. The van der Waals surface area contributed by atoms with Crippen molar-refractivity contribution in [2.45, 2.75) is 18.6 Å². The highest BCUT2D eigenvalue weighted by atomic mass is 19.4. The number of likely N-dealkylation sites (N-methyl/N-ethyl adjacent to an activating group) is 1. The molecular formula is C26H28F6N3O+. The number of aromatic amines is 1. The van der Waals surface area contributed by atoms with Crippen LogP contribution < -0.4 is 4.74 Å². The number of H-pyrrole nitrogens is 1. The third kappa shape index (κ3) is 4.68. The number of hydrogen-bond acceptors (Lipinski definition) is 2. The van der Waals surface area contributed by atoms with Crippen molar-refractivity contribution in [3.8, 4) is 5.75 Å². The van der Waals surface area contributed by atoms with E-state index in [0.29, 0.717) is 31.7 Å². The number of hydrogen-bond donors (Lipinski definition) is 1. The van der Waals surface area contributed by atoms with Crippen LogP contribution in [0.1, 0.15) is 22.9 Å². The van der Waals surface area contributed by atoms with Gasteiger partial charge in [-0.3, -0.25) is 9.29 Å². The molecule has 194 valence electrons. The minimum atomic E-state index is -4.52. The Balaban J connectivity index is 1.48. The van der Waals surface area contributed by atoms with Crippen molar-refractivity contribution in [1.29, 1.82) is 0 Å². The topological polar surface area (TPSA) is 28.3 Å². The van der Waals surface area contributed by atoms with Gasteiger partial charge in [0.05, 0.1) is 31.5 Å². The number of halogens is 6. The van der Waals surface area contributed by atoms with Crippen LogP contribution in [-0.4, -0.2) is 73.6 Å². The summed E-state index contributed by atoms with van der Waals surface area (Å²) in [7, 11) is 1.40. The van der Waals surface area contributed by atoms with E-state index in [1.807, 2.05) is 17.0 Å². The summed E-state index contributed by atoms with van der Waals surface area (Å²) < 4.78 is 89.4. The first-order valence-electron chi connectivity index (χ1n) is 12.0. The van der Waals surface area contributed by atoms with Gasteiger partial charge in [-0.05, 0) is 11.6 Å². The molecule has 2 atom stereocenters. The molecule has 1 unspecified atom stereocenters. The van der Waals surface area contributed by atoms with E-state index in [4.69, 9.17) is 4.74 Å². The van der Waals surface area contributed by atoms with Crippen molar-refractivity contribution in [1.82, 2.24) is 9.88 Å². The Labute approximate surface area is 205 Å². The lowest BCUT2D eigenvalue weighted by molar-refractivity contribution is -0.945. The molecule has 0 aliphatic carbocycles. The number of nitrogens with one attached hydrogen (secondary N) is 1. The van der Waals surface area contributed by atoms with Crippen LogP contribution >= 0.6 is 0 Å². The average molecular weight is 513 g/mol. The fraction of sp³-hybridized carbons (Fsp3) is 0.462. The second-order valence-corrected chi connectivity index (χ2v) is 10.1. The summed E-state index contributed by atoms with van der Waals surface area (Å²) in [6, 6.07) is 8.15. The Morgan fingerprint density at radius 3 is 2.47 bits per heavy atom. The maximum atomic E-state index is 15.5. The molecule has 2 aliphatic rings. The first-order chi connectivity index (χ1) is 17.1. The zero-order chi connectivity index (χ0) is 25.7. The van der Waals surface area contributed by atoms with Crippen molar-refractivity contribution in [2.24, 2.45) is 5.92 Å². The first-order valence-corrected chi connectivity index (χ1v) is 12.0. The SMILES string of the molecule is C[N+]1(CC(F)(F)F)CCc2c([nH]c3ccccc23)[C@@H]1c1c(F)cc(OCCN2CC(CF)C2)cc1F. The number of likely N-dealkylation sites (tertiary alicyclic amines) is 1. The molecule has 3 aromatic rings. The number of nitrogens with zero attached hydrogens (tertiary/aromatic N) is 2. The van der Waals surface area contributed by atoms with E-state index < -0.39 is 40.4 Å². The van der Waals surface area contributed by atoms with Gasteiger partial charge in [-0.2, -0.15) is 13.2 Å². The van der Waals surface area contributed by atoms with Gasteiger partial charge in [-0.1, -0.05) is 18.2 Å². The number of quaternary nitrogens is 1. The number of alkyl halides is 4. The van der Waals surface area contributed by atoms with Gasteiger partial charge in [-0.15, -0.1) is 0 Å². The molecule has 3 heterocycles. The molecule has 0 amide bonds. The molecule has 1 saturated heterocycles. The molecule has 0 spiro atoms. The van der Waals surface area contributed by atoms with E-state index in [2.05, 4.69) is 4.98 Å². The molecule has 0 saturated carbocycles. The number of para-hydroxylation sites is 1. The Morgan fingerprint density at radius 2 is 1.81 bits per heavy atom. The summed E-state index contributed by atoms with van der Waals surface area (Å²) in [4.78, 5) is 5.14. The van der Waals surface area contributed by atoms with E-state index in [-0.39, 0.29) is 31.5 Å². The van der Waals surface area contributed by atoms with Gasteiger partial charge < -0.3 is 14.2 Å². The Morgan fingerprint density at radius 1 is 1.11 bits per heavy atom. The predicted molar refractivity (Wildman–Crippen MR) is 124 cm³/mol. The third-order valence-electron chi connectivity index (χ3n) is 7.41. The molecule has 1 aromatic heterocycles. The van der Waals surface area contributed by atoms with Gasteiger partial charge in [0.2, 0.25) is 0 Å². The Bertz CT molecular complexity index is 1230. The predicted octanol–water partition coefficient (Wildman–Crippen LogP) is 5.38. The van der Waals surface area contributed by atoms with Crippen LogP contribution in [0.15, 0.2) is 36.4 Å². The lowest BCUT2D eigenvalue weighted by atomic mass is 9.89. The van der Waals surface area contributed by atoms with E-state index in [9.17, 15) is 17.6 Å². The van der Waals surface area contributed by atoms with Crippen LogP contribution in [0.3, 0.4) is 0 Å². The first kappa shape index (κ1) is 25.0. The molecule has 4 nitrogen and oxygen atoms in total. The number of aromatic nitrogens is 1. The number of ether oxygens (including phenoxy) is 1. The minimum absolute atomic E-state index is 0.0216. The van der Waals surface area contributed by atoms with Crippen LogP contribution in [0.5, 0.6) is 5.75 Å². The van der Waals surface area contributed by atoms with Crippen LogP contribution in [0.2, 0.25) is 0 Å². The number of rotatable bonds is 7. The van der Waals surface area contributed by atoms with E-state index in [1.165, 1.54) is 7.05 Å². The molecule has 10 heteroatoms. The van der Waals surface area contributed by atoms with Crippen LogP contribution in [0, 0.1) is 17.6 Å².